The van der Waals surface area contributed by atoms with E-state index in [0.717, 1.165) is 11.1 Å². The van der Waals surface area contributed by atoms with Gasteiger partial charge in [-0.15, -0.1) is 0 Å². The SMILES string of the molecule is Cc1cc(C(=O)N2Cc3ccccc3C(C(=O)O)C2)on1. The average Bonchev–Trinajstić information content (AvgIpc) is 2.91. The van der Waals surface area contributed by atoms with Gasteiger partial charge in [0, 0.05) is 19.2 Å². The van der Waals surface area contributed by atoms with Crippen molar-refractivity contribution in [2.24, 2.45) is 0 Å². The summed E-state index contributed by atoms with van der Waals surface area (Å²) in [5, 5.41) is 13.1. The van der Waals surface area contributed by atoms with E-state index in [1.165, 1.54) is 4.90 Å². The average molecular weight is 286 g/mol. The number of aromatic nitrogens is 1. The largest absolute Gasteiger partial charge is 0.481 e. The van der Waals surface area contributed by atoms with E-state index in [2.05, 4.69) is 5.16 Å². The van der Waals surface area contributed by atoms with Crippen LogP contribution in [-0.2, 0) is 11.3 Å². The Balaban J connectivity index is 1.93. The molecule has 2 heterocycles. The van der Waals surface area contributed by atoms with Gasteiger partial charge < -0.3 is 14.5 Å². The molecule has 1 atom stereocenters. The third-order valence-electron chi connectivity index (χ3n) is 3.62. The van der Waals surface area contributed by atoms with Crippen molar-refractivity contribution < 1.29 is 19.2 Å². The zero-order valence-corrected chi connectivity index (χ0v) is 11.4. The molecular formula is C15H14N2O4. The molecule has 3 rings (SSSR count). The molecule has 0 bridgehead atoms. The maximum atomic E-state index is 12.4. The van der Waals surface area contributed by atoms with Crippen LogP contribution in [0.1, 0.15) is 33.3 Å². The fraction of sp³-hybridized carbons (Fsp3) is 0.267. The van der Waals surface area contributed by atoms with Gasteiger partial charge in [-0.25, -0.2) is 0 Å². The fourth-order valence-electron chi connectivity index (χ4n) is 2.59. The van der Waals surface area contributed by atoms with Crippen LogP contribution in [0.25, 0.3) is 0 Å². The first-order valence-corrected chi connectivity index (χ1v) is 6.59. The smallest absolute Gasteiger partial charge is 0.312 e. The lowest BCUT2D eigenvalue weighted by molar-refractivity contribution is -0.139. The van der Waals surface area contributed by atoms with Crippen molar-refractivity contribution in [1.82, 2.24) is 10.1 Å². The Morgan fingerprint density at radius 3 is 2.81 bits per heavy atom. The first kappa shape index (κ1) is 13.4. The van der Waals surface area contributed by atoms with E-state index in [9.17, 15) is 14.7 Å². The third-order valence-corrected chi connectivity index (χ3v) is 3.62. The van der Waals surface area contributed by atoms with Gasteiger partial charge in [-0.1, -0.05) is 29.4 Å². The Morgan fingerprint density at radius 1 is 1.38 bits per heavy atom. The van der Waals surface area contributed by atoms with Crippen molar-refractivity contribution in [3.05, 3.63) is 52.9 Å². The lowest BCUT2D eigenvalue weighted by atomic mass is 9.89. The maximum Gasteiger partial charge on any atom is 0.312 e. The Hall–Kier alpha value is -2.63. The Kier molecular flexibility index (Phi) is 3.21. The molecule has 6 nitrogen and oxygen atoms in total. The number of benzene rings is 1. The summed E-state index contributed by atoms with van der Waals surface area (Å²) in [7, 11) is 0. The minimum atomic E-state index is -0.936. The van der Waals surface area contributed by atoms with Crippen LogP contribution in [0.5, 0.6) is 0 Å². The van der Waals surface area contributed by atoms with Crippen molar-refractivity contribution in [2.75, 3.05) is 6.54 Å². The van der Waals surface area contributed by atoms with Crippen molar-refractivity contribution in [2.45, 2.75) is 19.4 Å². The Morgan fingerprint density at radius 2 is 2.14 bits per heavy atom. The molecule has 0 saturated carbocycles. The number of amides is 1. The highest BCUT2D eigenvalue weighted by Gasteiger charge is 2.33. The Labute approximate surface area is 121 Å². The fourth-order valence-corrected chi connectivity index (χ4v) is 2.59. The van der Waals surface area contributed by atoms with Crippen LogP contribution in [0.4, 0.5) is 0 Å². The predicted octanol–water partition coefficient (Wildman–Crippen LogP) is 1.81. The summed E-state index contributed by atoms with van der Waals surface area (Å²) < 4.78 is 4.97. The summed E-state index contributed by atoms with van der Waals surface area (Å²) in [4.78, 5) is 25.3. The van der Waals surface area contributed by atoms with Crippen LogP contribution in [0.3, 0.4) is 0 Å². The molecule has 0 radical (unpaired) electrons. The number of aliphatic carboxylic acids is 1. The number of fused-ring (bicyclic) bond motifs is 1. The van der Waals surface area contributed by atoms with Crippen LogP contribution in [0.15, 0.2) is 34.9 Å². The van der Waals surface area contributed by atoms with E-state index in [4.69, 9.17) is 4.52 Å². The molecule has 0 aliphatic carbocycles. The van der Waals surface area contributed by atoms with Gasteiger partial charge in [0.05, 0.1) is 11.6 Å². The second-order valence-electron chi connectivity index (χ2n) is 5.11. The number of carboxylic acids is 1. The molecule has 1 aromatic carbocycles. The molecule has 0 saturated heterocycles. The van der Waals surface area contributed by atoms with Gasteiger partial charge in [0.2, 0.25) is 5.76 Å². The van der Waals surface area contributed by atoms with Gasteiger partial charge in [0.1, 0.15) is 0 Å². The van der Waals surface area contributed by atoms with E-state index < -0.39 is 11.9 Å². The molecule has 0 spiro atoms. The molecule has 1 aliphatic heterocycles. The molecule has 1 N–H and O–H groups in total. The summed E-state index contributed by atoms with van der Waals surface area (Å²) in [6, 6.07) is 8.85. The highest BCUT2D eigenvalue weighted by Crippen LogP contribution is 2.29. The minimum absolute atomic E-state index is 0.130. The molecule has 6 heteroatoms. The number of carboxylic acid groups (broad SMARTS) is 1. The third kappa shape index (κ3) is 2.40. The zero-order valence-electron chi connectivity index (χ0n) is 11.4. The molecule has 1 aliphatic rings. The van der Waals surface area contributed by atoms with E-state index in [0.29, 0.717) is 12.2 Å². The van der Waals surface area contributed by atoms with Crippen LogP contribution < -0.4 is 0 Å². The van der Waals surface area contributed by atoms with Crippen LogP contribution >= 0.6 is 0 Å². The quantitative estimate of drug-likeness (QED) is 0.910. The Bertz CT molecular complexity index is 707. The second-order valence-corrected chi connectivity index (χ2v) is 5.11. The summed E-state index contributed by atoms with van der Waals surface area (Å²) >= 11 is 0. The van der Waals surface area contributed by atoms with Crippen molar-refractivity contribution in [3.63, 3.8) is 0 Å². The van der Waals surface area contributed by atoms with Gasteiger partial charge >= 0.3 is 5.97 Å². The lowest BCUT2D eigenvalue weighted by Crippen LogP contribution is -2.40. The maximum absolute atomic E-state index is 12.4. The van der Waals surface area contributed by atoms with E-state index >= 15 is 0 Å². The number of rotatable bonds is 2. The number of aryl methyl sites for hydroxylation is 1. The van der Waals surface area contributed by atoms with E-state index in [-0.39, 0.29) is 18.2 Å². The van der Waals surface area contributed by atoms with Gasteiger partial charge in [-0.3, -0.25) is 9.59 Å². The number of nitrogens with zero attached hydrogens (tertiary/aromatic N) is 2. The van der Waals surface area contributed by atoms with Gasteiger partial charge in [-0.05, 0) is 18.1 Å². The molecule has 0 fully saturated rings. The van der Waals surface area contributed by atoms with Crippen molar-refractivity contribution in [1.29, 1.82) is 0 Å². The van der Waals surface area contributed by atoms with Crippen LogP contribution in [-0.4, -0.2) is 33.6 Å². The number of hydrogen-bond donors (Lipinski definition) is 1. The summed E-state index contributed by atoms with van der Waals surface area (Å²) in [6.45, 7) is 2.23. The number of hydrogen-bond acceptors (Lipinski definition) is 4. The topological polar surface area (TPSA) is 83.6 Å². The number of carbonyl (C=O) groups excluding carboxylic acids is 1. The van der Waals surface area contributed by atoms with Crippen LogP contribution in [0.2, 0.25) is 0 Å². The summed E-state index contributed by atoms with van der Waals surface area (Å²) in [6.07, 6.45) is 0. The van der Waals surface area contributed by atoms with Crippen molar-refractivity contribution in [3.8, 4) is 0 Å². The standard InChI is InChI=1S/C15H14N2O4/c1-9-6-13(21-16-9)14(18)17-7-10-4-2-3-5-11(10)12(8-17)15(19)20/h2-6,12H,7-8H2,1H3,(H,19,20). The highest BCUT2D eigenvalue weighted by atomic mass is 16.5. The first-order valence-electron chi connectivity index (χ1n) is 6.59. The molecular weight excluding hydrogens is 272 g/mol. The van der Waals surface area contributed by atoms with Gasteiger partial charge in [0.25, 0.3) is 5.91 Å². The van der Waals surface area contributed by atoms with Crippen LogP contribution in [0, 0.1) is 6.92 Å². The minimum Gasteiger partial charge on any atom is -0.481 e. The predicted molar refractivity (Wildman–Crippen MR) is 72.8 cm³/mol. The molecule has 21 heavy (non-hydrogen) atoms. The monoisotopic (exact) mass is 286 g/mol. The molecule has 108 valence electrons. The second kappa shape index (κ2) is 5.05. The summed E-state index contributed by atoms with van der Waals surface area (Å²) in [5.74, 6) is -1.86. The zero-order chi connectivity index (χ0) is 15.0. The molecule has 1 aromatic heterocycles. The van der Waals surface area contributed by atoms with Gasteiger partial charge in [-0.2, -0.15) is 0 Å². The highest BCUT2D eigenvalue weighted by molar-refractivity contribution is 5.92. The summed E-state index contributed by atoms with van der Waals surface area (Å²) in [5.41, 5.74) is 2.23. The van der Waals surface area contributed by atoms with E-state index in [1.807, 2.05) is 18.2 Å². The normalized spacial score (nSPS) is 17.4. The molecule has 2 aromatic rings. The van der Waals surface area contributed by atoms with Crippen molar-refractivity contribution >= 4 is 11.9 Å². The first-order chi connectivity index (χ1) is 10.1. The molecule has 1 unspecified atom stereocenters. The van der Waals surface area contributed by atoms with Gasteiger partial charge in [0.15, 0.2) is 0 Å². The number of carbonyl (C=O) groups is 2. The lowest BCUT2D eigenvalue weighted by Gasteiger charge is -2.32. The van der Waals surface area contributed by atoms with E-state index in [1.54, 1.807) is 19.1 Å². The molecule has 1 amide bonds.